The third-order valence-electron chi connectivity index (χ3n) is 11.2. The van der Waals surface area contributed by atoms with Crippen LogP contribution in [0.4, 0.5) is 0 Å². The Morgan fingerprint density at radius 2 is 1.04 bits per heavy atom. The fourth-order valence-electron chi connectivity index (χ4n) is 8.62. The highest BCUT2D eigenvalue weighted by Crippen LogP contribution is 2.43. The Balaban J connectivity index is 1.04. The van der Waals surface area contributed by atoms with E-state index in [4.69, 9.17) is 18.8 Å². The number of para-hydroxylation sites is 4. The molecule has 57 heavy (non-hydrogen) atoms. The highest BCUT2D eigenvalue weighted by Gasteiger charge is 2.20. The van der Waals surface area contributed by atoms with Crippen molar-refractivity contribution in [3.8, 4) is 50.7 Å². The molecule has 0 radical (unpaired) electrons. The van der Waals surface area contributed by atoms with Gasteiger partial charge in [0, 0.05) is 60.3 Å². The van der Waals surface area contributed by atoms with E-state index in [1.807, 2.05) is 36.4 Å². The molecule has 0 bridgehead atoms. The molecule has 0 N–H and O–H groups in total. The van der Waals surface area contributed by atoms with Gasteiger partial charge >= 0.3 is 0 Å². The molecule has 0 saturated heterocycles. The Hall–Kier alpha value is -7.76. The molecule has 12 rings (SSSR count). The Labute approximate surface area is 326 Å². The largest absolute Gasteiger partial charge is 0.456 e. The van der Waals surface area contributed by atoms with Crippen LogP contribution in [0.1, 0.15) is 0 Å². The molecule has 0 fully saturated rings. The van der Waals surface area contributed by atoms with E-state index >= 15 is 0 Å². The van der Waals surface area contributed by atoms with Crippen molar-refractivity contribution in [2.24, 2.45) is 0 Å². The molecule has 266 valence electrons. The van der Waals surface area contributed by atoms with E-state index in [1.165, 1.54) is 21.8 Å². The van der Waals surface area contributed by atoms with Crippen LogP contribution in [0.15, 0.2) is 197 Å². The standard InChI is InChI=1S/C52H31N3O2/c1-3-13-32(14-4-1)52-53-43(34-25-27-39-38-18-8-10-23-47(38)56-49(39)30-34)31-44(54-52)40-20-12-24-48-50(40)41-21-11-19-36(51(41)57-48)33-26-28-46-42(29-33)37-17-7-9-22-45(37)55(46)35-15-5-2-6-16-35/h1-31H. The number of nitrogens with zero attached hydrogens (tertiary/aromatic N) is 3. The number of hydrogen-bond donors (Lipinski definition) is 0. The average molecular weight is 730 g/mol. The van der Waals surface area contributed by atoms with Crippen molar-refractivity contribution < 1.29 is 8.83 Å². The second-order valence-electron chi connectivity index (χ2n) is 14.5. The minimum absolute atomic E-state index is 0.654. The van der Waals surface area contributed by atoms with Gasteiger partial charge in [0.1, 0.15) is 22.3 Å². The molecule has 0 unspecified atom stereocenters. The summed E-state index contributed by atoms with van der Waals surface area (Å²) >= 11 is 0. The molecule has 12 aromatic rings. The fraction of sp³-hybridized carbons (Fsp3) is 0. The lowest BCUT2D eigenvalue weighted by atomic mass is 9.98. The van der Waals surface area contributed by atoms with Crippen molar-refractivity contribution in [1.82, 2.24) is 14.5 Å². The molecule has 0 aliphatic rings. The SMILES string of the molecule is c1ccc(-c2nc(-c3ccc4c(c3)oc3ccccc34)cc(-c3cccc4oc5c(-c6ccc7c(c6)c6ccccc6n7-c6ccccc6)cccc5c34)n2)cc1. The second-order valence-corrected chi connectivity index (χ2v) is 14.5. The molecular weight excluding hydrogens is 699 g/mol. The first-order valence-corrected chi connectivity index (χ1v) is 19.1. The van der Waals surface area contributed by atoms with Crippen LogP contribution < -0.4 is 0 Å². The lowest BCUT2D eigenvalue weighted by Gasteiger charge is -2.10. The summed E-state index contributed by atoms with van der Waals surface area (Å²) in [4.78, 5) is 10.4. The van der Waals surface area contributed by atoms with Gasteiger partial charge in [0.05, 0.1) is 22.4 Å². The first-order chi connectivity index (χ1) is 28.2. The molecule has 5 nitrogen and oxygen atoms in total. The van der Waals surface area contributed by atoms with Crippen LogP contribution in [0.25, 0.3) is 116 Å². The van der Waals surface area contributed by atoms with Crippen molar-refractivity contribution in [1.29, 1.82) is 0 Å². The van der Waals surface area contributed by atoms with Crippen molar-refractivity contribution in [2.45, 2.75) is 0 Å². The zero-order chi connectivity index (χ0) is 37.5. The van der Waals surface area contributed by atoms with Crippen molar-refractivity contribution in [3.63, 3.8) is 0 Å². The van der Waals surface area contributed by atoms with Crippen LogP contribution in [-0.4, -0.2) is 14.5 Å². The van der Waals surface area contributed by atoms with Gasteiger partial charge in [-0.15, -0.1) is 0 Å². The van der Waals surface area contributed by atoms with Crippen LogP contribution in [0.5, 0.6) is 0 Å². The summed E-state index contributed by atoms with van der Waals surface area (Å²) in [5.74, 6) is 0.654. The van der Waals surface area contributed by atoms with Gasteiger partial charge < -0.3 is 13.4 Å². The van der Waals surface area contributed by atoms with Crippen LogP contribution in [0.3, 0.4) is 0 Å². The maximum absolute atomic E-state index is 6.82. The van der Waals surface area contributed by atoms with Crippen molar-refractivity contribution >= 4 is 65.7 Å². The lowest BCUT2D eigenvalue weighted by Crippen LogP contribution is -1.96. The van der Waals surface area contributed by atoms with Gasteiger partial charge in [0.25, 0.3) is 0 Å². The maximum atomic E-state index is 6.82. The number of hydrogen-bond acceptors (Lipinski definition) is 4. The summed E-state index contributed by atoms with van der Waals surface area (Å²) in [6, 6.07) is 65.4. The molecule has 4 heterocycles. The minimum Gasteiger partial charge on any atom is -0.456 e. The number of aromatic nitrogens is 3. The molecule has 0 spiro atoms. The minimum atomic E-state index is 0.654. The molecule has 0 atom stereocenters. The van der Waals surface area contributed by atoms with Gasteiger partial charge in [-0.1, -0.05) is 127 Å². The first-order valence-electron chi connectivity index (χ1n) is 19.1. The predicted molar refractivity (Wildman–Crippen MR) is 233 cm³/mol. The summed E-state index contributed by atoms with van der Waals surface area (Å²) < 4.78 is 15.5. The molecule has 8 aromatic carbocycles. The number of rotatable bonds is 5. The normalized spacial score (nSPS) is 11.9. The number of fused-ring (bicyclic) bond motifs is 9. The number of furan rings is 2. The molecular formula is C52H31N3O2. The summed E-state index contributed by atoms with van der Waals surface area (Å²) in [6.45, 7) is 0. The van der Waals surface area contributed by atoms with E-state index in [9.17, 15) is 0 Å². The lowest BCUT2D eigenvalue weighted by molar-refractivity contribution is 0.669. The van der Waals surface area contributed by atoms with Gasteiger partial charge in [-0.3, -0.25) is 0 Å². The maximum Gasteiger partial charge on any atom is 0.160 e. The smallest absolute Gasteiger partial charge is 0.160 e. The van der Waals surface area contributed by atoms with E-state index in [0.717, 1.165) is 88.8 Å². The van der Waals surface area contributed by atoms with E-state index in [1.54, 1.807) is 0 Å². The van der Waals surface area contributed by atoms with Crippen LogP contribution in [0.2, 0.25) is 0 Å². The van der Waals surface area contributed by atoms with E-state index in [2.05, 4.69) is 156 Å². The van der Waals surface area contributed by atoms with E-state index in [-0.39, 0.29) is 0 Å². The highest BCUT2D eigenvalue weighted by atomic mass is 16.3. The van der Waals surface area contributed by atoms with Crippen LogP contribution in [-0.2, 0) is 0 Å². The number of benzene rings is 8. The Bertz CT molecular complexity index is 3520. The third-order valence-corrected chi connectivity index (χ3v) is 11.2. The predicted octanol–water partition coefficient (Wildman–Crippen LogP) is 14.0. The molecule has 4 aromatic heterocycles. The Morgan fingerprint density at radius 1 is 0.368 bits per heavy atom. The van der Waals surface area contributed by atoms with Crippen LogP contribution in [0, 0.1) is 0 Å². The van der Waals surface area contributed by atoms with E-state index in [0.29, 0.717) is 5.82 Å². The second kappa shape index (κ2) is 12.4. The first kappa shape index (κ1) is 31.6. The molecule has 0 aliphatic carbocycles. The van der Waals surface area contributed by atoms with Crippen LogP contribution >= 0.6 is 0 Å². The summed E-state index contributed by atoms with van der Waals surface area (Å²) in [5.41, 5.74) is 13.5. The van der Waals surface area contributed by atoms with Gasteiger partial charge in [0.15, 0.2) is 5.82 Å². The monoisotopic (exact) mass is 729 g/mol. The zero-order valence-corrected chi connectivity index (χ0v) is 30.6. The highest BCUT2D eigenvalue weighted by molar-refractivity contribution is 6.16. The Morgan fingerprint density at radius 3 is 1.93 bits per heavy atom. The van der Waals surface area contributed by atoms with Gasteiger partial charge in [-0.05, 0) is 66.2 Å². The third kappa shape index (κ3) is 4.96. The zero-order valence-electron chi connectivity index (χ0n) is 30.6. The van der Waals surface area contributed by atoms with Gasteiger partial charge in [0.2, 0.25) is 0 Å². The fourth-order valence-corrected chi connectivity index (χ4v) is 8.62. The van der Waals surface area contributed by atoms with Gasteiger partial charge in [-0.25, -0.2) is 9.97 Å². The summed E-state index contributed by atoms with van der Waals surface area (Å²) in [5, 5.41) is 6.65. The molecule has 5 heteroatoms. The van der Waals surface area contributed by atoms with Crippen molar-refractivity contribution in [3.05, 3.63) is 188 Å². The topological polar surface area (TPSA) is 57.0 Å². The Kier molecular flexibility index (Phi) is 6.86. The molecule has 0 aliphatic heterocycles. The van der Waals surface area contributed by atoms with Gasteiger partial charge in [-0.2, -0.15) is 0 Å². The quantitative estimate of drug-likeness (QED) is 0.177. The van der Waals surface area contributed by atoms with Crippen molar-refractivity contribution in [2.75, 3.05) is 0 Å². The molecule has 0 amide bonds. The molecule has 0 saturated carbocycles. The van der Waals surface area contributed by atoms with E-state index < -0.39 is 0 Å². The summed E-state index contributed by atoms with van der Waals surface area (Å²) in [6.07, 6.45) is 0. The average Bonchev–Trinajstić information content (AvgIpc) is 3.96. The summed E-state index contributed by atoms with van der Waals surface area (Å²) in [7, 11) is 0.